The van der Waals surface area contributed by atoms with Gasteiger partial charge in [-0.3, -0.25) is 0 Å². The van der Waals surface area contributed by atoms with Crippen molar-refractivity contribution in [1.82, 2.24) is 9.55 Å². The van der Waals surface area contributed by atoms with E-state index in [2.05, 4.69) is 155 Å². The number of hydrogen-bond donors (Lipinski definition) is 0. The van der Waals surface area contributed by atoms with Gasteiger partial charge in [-0.15, -0.1) is 0 Å². The standard InChI is InChI=1S/C49H31N3O2/c1-4-13-32(14-5-1)33-23-25-36(26-24-33)51(42-22-12-20-39-38-19-10-11-21-41(38)52(48(39)42)35-17-8-3-9-18-35)37-27-28-43-40(31-37)46-44(53-43)29-30-45-47(46)50-49(54-45)34-15-6-2-7-16-34/h1-31H. The molecular formula is C49H31N3O2. The van der Waals surface area contributed by atoms with Gasteiger partial charge in [-0.05, 0) is 90.0 Å². The van der Waals surface area contributed by atoms with E-state index in [9.17, 15) is 0 Å². The lowest BCUT2D eigenvalue weighted by molar-refractivity contribution is 0.619. The molecule has 0 radical (unpaired) electrons. The molecule has 0 atom stereocenters. The Morgan fingerprint density at radius 3 is 1.87 bits per heavy atom. The second-order valence-electron chi connectivity index (χ2n) is 13.6. The van der Waals surface area contributed by atoms with Crippen LogP contribution in [0.5, 0.6) is 0 Å². The molecule has 254 valence electrons. The SMILES string of the molecule is c1ccc(-c2ccc(N(c3ccc4oc5ccc6oc(-c7ccccc7)nc6c5c4c3)c3cccc4c5ccccc5n(-c5ccccc5)c34)cc2)cc1. The van der Waals surface area contributed by atoms with E-state index in [4.69, 9.17) is 13.8 Å². The highest BCUT2D eigenvalue weighted by atomic mass is 16.4. The van der Waals surface area contributed by atoms with E-state index in [-0.39, 0.29) is 0 Å². The fourth-order valence-electron chi connectivity index (χ4n) is 7.97. The summed E-state index contributed by atoms with van der Waals surface area (Å²) in [6.45, 7) is 0. The Kier molecular flexibility index (Phi) is 6.79. The lowest BCUT2D eigenvalue weighted by atomic mass is 10.0. The Morgan fingerprint density at radius 2 is 1.07 bits per heavy atom. The molecule has 0 fully saturated rings. The van der Waals surface area contributed by atoms with Crippen LogP contribution in [0, 0.1) is 0 Å². The van der Waals surface area contributed by atoms with Crippen molar-refractivity contribution in [3.05, 3.63) is 188 Å². The van der Waals surface area contributed by atoms with E-state index >= 15 is 0 Å². The first-order chi connectivity index (χ1) is 26.8. The zero-order valence-electron chi connectivity index (χ0n) is 29.1. The van der Waals surface area contributed by atoms with Crippen molar-refractivity contribution in [3.63, 3.8) is 0 Å². The number of fused-ring (bicyclic) bond motifs is 8. The monoisotopic (exact) mass is 693 g/mol. The number of para-hydroxylation sites is 3. The largest absolute Gasteiger partial charge is 0.456 e. The van der Waals surface area contributed by atoms with E-state index in [1.54, 1.807) is 0 Å². The third kappa shape index (κ3) is 4.76. The van der Waals surface area contributed by atoms with Crippen LogP contribution >= 0.6 is 0 Å². The summed E-state index contributed by atoms with van der Waals surface area (Å²) in [6.07, 6.45) is 0. The molecule has 5 heteroatoms. The van der Waals surface area contributed by atoms with Crippen molar-refractivity contribution < 1.29 is 8.83 Å². The van der Waals surface area contributed by atoms with Crippen LogP contribution in [0.15, 0.2) is 197 Å². The van der Waals surface area contributed by atoms with Crippen LogP contribution in [0.25, 0.3) is 83.1 Å². The lowest BCUT2D eigenvalue weighted by Gasteiger charge is -2.27. The van der Waals surface area contributed by atoms with Gasteiger partial charge >= 0.3 is 0 Å². The molecule has 11 rings (SSSR count). The van der Waals surface area contributed by atoms with E-state index in [0.717, 1.165) is 77.9 Å². The first-order valence-electron chi connectivity index (χ1n) is 18.1. The average Bonchev–Trinajstić information content (AvgIpc) is 3.94. The van der Waals surface area contributed by atoms with Crippen LogP contribution in [0.1, 0.15) is 0 Å². The number of anilines is 3. The number of oxazole rings is 1. The van der Waals surface area contributed by atoms with Crippen LogP contribution in [0.3, 0.4) is 0 Å². The summed E-state index contributed by atoms with van der Waals surface area (Å²) in [5.41, 5.74) is 12.8. The number of nitrogens with zero attached hydrogens (tertiary/aromatic N) is 3. The van der Waals surface area contributed by atoms with Gasteiger partial charge in [-0.25, -0.2) is 4.98 Å². The molecular weight excluding hydrogens is 663 g/mol. The number of rotatable bonds is 6. The molecule has 3 aromatic heterocycles. The van der Waals surface area contributed by atoms with Crippen molar-refractivity contribution in [2.75, 3.05) is 4.90 Å². The third-order valence-electron chi connectivity index (χ3n) is 10.4. The molecule has 5 nitrogen and oxygen atoms in total. The fraction of sp³-hybridized carbons (Fsp3) is 0. The fourth-order valence-corrected chi connectivity index (χ4v) is 7.97. The van der Waals surface area contributed by atoms with Gasteiger partial charge in [-0.1, -0.05) is 109 Å². The van der Waals surface area contributed by atoms with Crippen molar-refractivity contribution in [2.45, 2.75) is 0 Å². The highest BCUT2D eigenvalue weighted by molar-refractivity contribution is 6.18. The summed E-state index contributed by atoms with van der Waals surface area (Å²) in [5.74, 6) is 0.587. The minimum atomic E-state index is 0.587. The topological polar surface area (TPSA) is 47.3 Å². The number of benzene rings is 8. The lowest BCUT2D eigenvalue weighted by Crippen LogP contribution is -2.11. The average molecular weight is 694 g/mol. The molecule has 3 heterocycles. The molecule has 0 bridgehead atoms. The van der Waals surface area contributed by atoms with E-state index in [0.29, 0.717) is 5.89 Å². The van der Waals surface area contributed by atoms with Gasteiger partial charge in [0.2, 0.25) is 5.89 Å². The number of furan rings is 1. The Bertz CT molecular complexity index is 3140. The van der Waals surface area contributed by atoms with Crippen molar-refractivity contribution in [1.29, 1.82) is 0 Å². The van der Waals surface area contributed by atoms with Gasteiger partial charge in [-0.2, -0.15) is 0 Å². The molecule has 54 heavy (non-hydrogen) atoms. The Hall–Kier alpha value is -7.37. The molecule has 11 aromatic rings. The molecule has 0 unspecified atom stereocenters. The minimum Gasteiger partial charge on any atom is -0.456 e. The predicted molar refractivity (Wildman–Crippen MR) is 221 cm³/mol. The smallest absolute Gasteiger partial charge is 0.227 e. The van der Waals surface area contributed by atoms with Gasteiger partial charge in [0.05, 0.1) is 22.1 Å². The Morgan fingerprint density at radius 1 is 0.444 bits per heavy atom. The maximum Gasteiger partial charge on any atom is 0.227 e. The minimum absolute atomic E-state index is 0.587. The summed E-state index contributed by atoms with van der Waals surface area (Å²) in [7, 11) is 0. The zero-order chi connectivity index (χ0) is 35.6. The van der Waals surface area contributed by atoms with E-state index < -0.39 is 0 Å². The highest BCUT2D eigenvalue weighted by Gasteiger charge is 2.23. The van der Waals surface area contributed by atoms with Crippen molar-refractivity contribution >= 4 is 71.9 Å². The first-order valence-corrected chi connectivity index (χ1v) is 18.1. The van der Waals surface area contributed by atoms with Gasteiger partial charge < -0.3 is 18.3 Å². The molecule has 8 aromatic carbocycles. The van der Waals surface area contributed by atoms with Crippen LogP contribution < -0.4 is 4.90 Å². The van der Waals surface area contributed by atoms with Gasteiger partial charge in [0.1, 0.15) is 16.7 Å². The molecule has 0 aliphatic rings. The summed E-state index contributed by atoms with van der Waals surface area (Å²) in [4.78, 5) is 7.40. The molecule has 0 saturated heterocycles. The Balaban J connectivity index is 1.18. The summed E-state index contributed by atoms with van der Waals surface area (Å²) in [6, 6.07) is 65.7. The zero-order valence-corrected chi connectivity index (χ0v) is 29.1. The van der Waals surface area contributed by atoms with Crippen molar-refractivity contribution in [2.24, 2.45) is 0 Å². The quantitative estimate of drug-likeness (QED) is 0.174. The molecule has 0 N–H and O–H groups in total. The van der Waals surface area contributed by atoms with Crippen LogP contribution in [-0.2, 0) is 0 Å². The summed E-state index contributed by atoms with van der Waals surface area (Å²) < 4.78 is 15.2. The first kappa shape index (κ1) is 30.3. The molecule has 0 aliphatic carbocycles. The highest BCUT2D eigenvalue weighted by Crippen LogP contribution is 2.45. The van der Waals surface area contributed by atoms with Gasteiger partial charge in [0, 0.05) is 38.8 Å². The number of hydrogen-bond acceptors (Lipinski definition) is 4. The normalized spacial score (nSPS) is 11.7. The van der Waals surface area contributed by atoms with Crippen LogP contribution in [0.4, 0.5) is 17.1 Å². The summed E-state index contributed by atoms with van der Waals surface area (Å²) >= 11 is 0. The van der Waals surface area contributed by atoms with Gasteiger partial charge in [0.25, 0.3) is 0 Å². The predicted octanol–water partition coefficient (Wildman–Crippen LogP) is 13.6. The Labute approximate surface area is 310 Å². The molecule has 0 amide bonds. The molecule has 0 aliphatic heterocycles. The maximum absolute atomic E-state index is 6.47. The van der Waals surface area contributed by atoms with Crippen LogP contribution in [0.2, 0.25) is 0 Å². The number of aromatic nitrogens is 2. The van der Waals surface area contributed by atoms with E-state index in [1.807, 2.05) is 42.5 Å². The second kappa shape index (κ2) is 12.1. The van der Waals surface area contributed by atoms with Crippen molar-refractivity contribution in [3.8, 4) is 28.3 Å². The second-order valence-corrected chi connectivity index (χ2v) is 13.6. The summed E-state index contributed by atoms with van der Waals surface area (Å²) in [5, 5.41) is 4.30. The molecule has 0 saturated carbocycles. The third-order valence-corrected chi connectivity index (χ3v) is 10.4. The molecule has 0 spiro atoms. The van der Waals surface area contributed by atoms with Gasteiger partial charge in [0.15, 0.2) is 5.58 Å². The maximum atomic E-state index is 6.47. The van der Waals surface area contributed by atoms with Crippen LogP contribution in [-0.4, -0.2) is 9.55 Å². The van der Waals surface area contributed by atoms with E-state index in [1.165, 1.54) is 16.3 Å².